The van der Waals surface area contributed by atoms with Crippen molar-refractivity contribution < 1.29 is 0 Å². The van der Waals surface area contributed by atoms with Crippen LogP contribution in [-0.2, 0) is 18.4 Å². The number of hydrogen-bond acceptors (Lipinski definition) is 3. The van der Waals surface area contributed by atoms with E-state index in [0.717, 1.165) is 12.8 Å². The third-order valence-corrected chi connectivity index (χ3v) is 3.54. The van der Waals surface area contributed by atoms with Gasteiger partial charge >= 0.3 is 0 Å². The zero-order chi connectivity index (χ0) is 12.5. The highest BCUT2D eigenvalue weighted by molar-refractivity contribution is 5.14. The van der Waals surface area contributed by atoms with Crippen LogP contribution in [0.15, 0.2) is 0 Å². The molecule has 0 aromatic carbocycles. The number of hydrogen-bond donors (Lipinski definition) is 1. The number of nitrogens with zero attached hydrogens (tertiary/aromatic N) is 3. The van der Waals surface area contributed by atoms with Crippen molar-refractivity contribution in [3.8, 4) is 0 Å². The zero-order valence-corrected chi connectivity index (χ0v) is 11.5. The molecule has 17 heavy (non-hydrogen) atoms. The Morgan fingerprint density at radius 3 is 2.71 bits per heavy atom. The Morgan fingerprint density at radius 2 is 2.06 bits per heavy atom. The number of likely N-dealkylation sites (N-methyl/N-ethyl adjacent to an activating group) is 1. The predicted molar refractivity (Wildman–Crippen MR) is 69.1 cm³/mol. The van der Waals surface area contributed by atoms with Gasteiger partial charge in [-0.1, -0.05) is 11.6 Å². The highest BCUT2D eigenvalue weighted by Gasteiger charge is 2.24. The van der Waals surface area contributed by atoms with Gasteiger partial charge in [-0.3, -0.25) is 0 Å². The van der Waals surface area contributed by atoms with Crippen LogP contribution in [0.2, 0.25) is 0 Å². The van der Waals surface area contributed by atoms with E-state index in [1.165, 1.54) is 30.7 Å². The summed E-state index contributed by atoms with van der Waals surface area (Å²) in [5.41, 5.74) is 2.57. The summed E-state index contributed by atoms with van der Waals surface area (Å²) in [4.78, 5) is 0. The van der Waals surface area contributed by atoms with E-state index in [9.17, 15) is 0 Å². The van der Waals surface area contributed by atoms with E-state index in [1.54, 1.807) is 0 Å². The van der Waals surface area contributed by atoms with Crippen molar-refractivity contribution in [3.63, 3.8) is 0 Å². The molecule has 0 fully saturated rings. The lowest BCUT2D eigenvalue weighted by Crippen LogP contribution is -2.30. The van der Waals surface area contributed by atoms with Gasteiger partial charge in [0.1, 0.15) is 0 Å². The molecule has 1 N–H and O–H groups in total. The minimum Gasteiger partial charge on any atom is -0.317 e. The molecule has 1 aliphatic carbocycles. The van der Waals surface area contributed by atoms with E-state index in [2.05, 4.69) is 41.1 Å². The maximum absolute atomic E-state index is 4.40. The minimum atomic E-state index is 0.0366. The first-order valence-corrected chi connectivity index (χ1v) is 6.63. The van der Waals surface area contributed by atoms with Gasteiger partial charge in [-0.2, -0.15) is 0 Å². The van der Waals surface area contributed by atoms with Gasteiger partial charge in [0.15, 0.2) is 0 Å². The van der Waals surface area contributed by atoms with Gasteiger partial charge < -0.3 is 5.32 Å². The maximum atomic E-state index is 4.40. The first kappa shape index (κ1) is 12.6. The molecule has 4 heteroatoms. The largest absolute Gasteiger partial charge is 0.317 e. The summed E-state index contributed by atoms with van der Waals surface area (Å²) >= 11 is 0. The predicted octanol–water partition coefficient (Wildman–Crippen LogP) is 1.89. The van der Waals surface area contributed by atoms with E-state index in [1.807, 2.05) is 7.05 Å². The van der Waals surface area contributed by atoms with Crippen molar-refractivity contribution in [1.82, 2.24) is 20.3 Å². The van der Waals surface area contributed by atoms with Crippen LogP contribution >= 0.6 is 0 Å². The summed E-state index contributed by atoms with van der Waals surface area (Å²) in [5, 5.41) is 12.1. The number of fused-ring (bicyclic) bond motifs is 1. The molecule has 4 nitrogen and oxygen atoms in total. The standard InChI is InChI=1S/C13H24N4/c1-13(2,3)17-12-8-6-5-7-10(14-4)9-11(12)15-16-17/h10,14H,5-9H2,1-4H3. The summed E-state index contributed by atoms with van der Waals surface area (Å²) in [6.45, 7) is 6.57. The van der Waals surface area contributed by atoms with E-state index >= 15 is 0 Å². The molecule has 0 amide bonds. The molecule has 1 aromatic heterocycles. The second-order valence-electron chi connectivity index (χ2n) is 6.00. The lowest BCUT2D eigenvalue weighted by atomic mass is 9.96. The molecule has 1 aliphatic rings. The summed E-state index contributed by atoms with van der Waals surface area (Å²) in [6, 6.07) is 0.555. The molecule has 0 spiro atoms. The summed E-state index contributed by atoms with van der Waals surface area (Å²) in [6.07, 6.45) is 5.92. The van der Waals surface area contributed by atoms with E-state index in [4.69, 9.17) is 0 Å². The molecule has 0 saturated carbocycles. The fourth-order valence-electron chi connectivity index (χ4n) is 2.55. The van der Waals surface area contributed by atoms with Crippen LogP contribution in [-0.4, -0.2) is 28.1 Å². The third kappa shape index (κ3) is 2.68. The Bertz CT molecular complexity index is 375. The first-order valence-electron chi connectivity index (χ1n) is 6.63. The molecule has 0 bridgehead atoms. The SMILES string of the molecule is CNC1CCCCc2c(nnn2C(C)(C)C)C1. The van der Waals surface area contributed by atoms with Gasteiger partial charge in [0, 0.05) is 12.5 Å². The molecule has 1 heterocycles. The van der Waals surface area contributed by atoms with E-state index < -0.39 is 0 Å². The quantitative estimate of drug-likeness (QED) is 0.809. The van der Waals surface area contributed by atoms with E-state index in [0.29, 0.717) is 6.04 Å². The fraction of sp³-hybridized carbons (Fsp3) is 0.846. The Hall–Kier alpha value is -0.900. The summed E-state index contributed by atoms with van der Waals surface area (Å²) in [5.74, 6) is 0. The number of rotatable bonds is 1. The highest BCUT2D eigenvalue weighted by Crippen LogP contribution is 2.23. The summed E-state index contributed by atoms with van der Waals surface area (Å²) < 4.78 is 2.11. The van der Waals surface area contributed by atoms with Crippen LogP contribution in [0.3, 0.4) is 0 Å². The van der Waals surface area contributed by atoms with Gasteiger partial charge in [-0.05, 0) is 47.1 Å². The second kappa shape index (κ2) is 4.77. The maximum Gasteiger partial charge on any atom is 0.0874 e. The average molecular weight is 236 g/mol. The van der Waals surface area contributed by atoms with Crippen molar-refractivity contribution in [2.24, 2.45) is 0 Å². The van der Waals surface area contributed by atoms with Crippen molar-refractivity contribution >= 4 is 0 Å². The molecular formula is C13H24N4. The smallest absolute Gasteiger partial charge is 0.0874 e. The Labute approximate surface area is 104 Å². The fourth-order valence-corrected chi connectivity index (χ4v) is 2.55. The molecule has 0 radical (unpaired) electrons. The van der Waals surface area contributed by atoms with Crippen molar-refractivity contribution in [2.45, 2.75) is 64.5 Å². The topological polar surface area (TPSA) is 42.7 Å². The van der Waals surface area contributed by atoms with Crippen LogP contribution in [0.25, 0.3) is 0 Å². The Kier molecular flexibility index (Phi) is 3.52. The zero-order valence-electron chi connectivity index (χ0n) is 11.5. The van der Waals surface area contributed by atoms with Gasteiger partial charge in [0.2, 0.25) is 0 Å². The molecule has 2 rings (SSSR count). The number of nitrogens with one attached hydrogen (secondary N) is 1. The lowest BCUT2D eigenvalue weighted by molar-refractivity contribution is 0.332. The molecule has 0 aliphatic heterocycles. The van der Waals surface area contributed by atoms with Crippen LogP contribution in [0.4, 0.5) is 0 Å². The van der Waals surface area contributed by atoms with Crippen LogP contribution < -0.4 is 5.32 Å². The highest BCUT2D eigenvalue weighted by atomic mass is 15.5. The molecular weight excluding hydrogens is 212 g/mol. The molecule has 96 valence electrons. The number of aromatic nitrogens is 3. The third-order valence-electron chi connectivity index (χ3n) is 3.54. The van der Waals surface area contributed by atoms with Crippen LogP contribution in [0, 0.1) is 0 Å². The van der Waals surface area contributed by atoms with Crippen molar-refractivity contribution in [3.05, 3.63) is 11.4 Å². The molecule has 1 aromatic rings. The van der Waals surface area contributed by atoms with E-state index in [-0.39, 0.29) is 5.54 Å². The molecule has 1 unspecified atom stereocenters. The van der Waals surface area contributed by atoms with Crippen LogP contribution in [0.1, 0.15) is 51.4 Å². The monoisotopic (exact) mass is 236 g/mol. The van der Waals surface area contributed by atoms with Crippen molar-refractivity contribution in [2.75, 3.05) is 7.05 Å². The van der Waals surface area contributed by atoms with Gasteiger partial charge in [0.25, 0.3) is 0 Å². The van der Waals surface area contributed by atoms with Crippen LogP contribution in [0.5, 0.6) is 0 Å². The Balaban J connectivity index is 2.32. The lowest BCUT2D eigenvalue weighted by Gasteiger charge is -2.24. The summed E-state index contributed by atoms with van der Waals surface area (Å²) in [7, 11) is 2.04. The van der Waals surface area contributed by atoms with Crippen molar-refractivity contribution in [1.29, 1.82) is 0 Å². The van der Waals surface area contributed by atoms with Gasteiger partial charge in [-0.15, -0.1) is 5.10 Å². The van der Waals surface area contributed by atoms with Gasteiger partial charge in [-0.25, -0.2) is 4.68 Å². The van der Waals surface area contributed by atoms with Gasteiger partial charge in [0.05, 0.1) is 16.9 Å². The molecule has 0 saturated heterocycles. The average Bonchev–Trinajstić information content (AvgIpc) is 2.59. The normalized spacial score (nSPS) is 21.8. The molecule has 1 atom stereocenters. The Morgan fingerprint density at radius 1 is 1.29 bits per heavy atom. The minimum absolute atomic E-state index is 0.0366. The second-order valence-corrected chi connectivity index (χ2v) is 6.00. The first-order chi connectivity index (χ1) is 8.02.